The fourth-order valence-electron chi connectivity index (χ4n) is 6.24. The molecule has 7 amide bonds. The molecule has 19 heteroatoms. The molecule has 0 radical (unpaired) electrons. The summed E-state index contributed by atoms with van der Waals surface area (Å²) in [5.41, 5.74) is 2.64. The maximum absolute atomic E-state index is 14.7. The molecule has 5 atom stereocenters. The van der Waals surface area contributed by atoms with Crippen LogP contribution in [0.5, 0.6) is 0 Å². The number of Topliss-reactive ketones (excluding diaryl/α,β-unsaturated/α-hetero) is 1. The van der Waals surface area contributed by atoms with Gasteiger partial charge in [0, 0.05) is 12.1 Å². The van der Waals surface area contributed by atoms with E-state index < -0.39 is 125 Å². The lowest BCUT2D eigenvalue weighted by Crippen LogP contribution is -2.66. The van der Waals surface area contributed by atoms with Gasteiger partial charge >= 0.3 is 11.9 Å². The van der Waals surface area contributed by atoms with Crippen molar-refractivity contribution in [1.29, 1.82) is 0 Å². The van der Waals surface area contributed by atoms with Crippen LogP contribution in [0.2, 0.25) is 0 Å². The number of para-hydroxylation sites is 1. The number of ketones is 1. The number of aliphatic carboxylic acids is 2. The summed E-state index contributed by atoms with van der Waals surface area (Å²) in [6, 6.07) is 1.15. The largest absolute Gasteiger partial charge is 0.481 e. The van der Waals surface area contributed by atoms with Crippen LogP contribution in [-0.2, 0) is 47.9 Å². The lowest BCUT2D eigenvalue weighted by atomic mass is 9.84. The molecular weight excluding hydrogens is 794 g/mol. The van der Waals surface area contributed by atoms with Crippen LogP contribution >= 0.6 is 0 Å². The normalized spacial score (nSPS) is 14.0. The second-order valence-electron chi connectivity index (χ2n) is 17.3. The standard InChI is InChI=1S/C42H65N7O12/c1-11-12-18-26(33(55)35(43)56)45-36(57)27(21-23(2)3)46-38(59)34(41(6,7)8)48-40(61)42(9,10)49(25-16-14-13-15-17-25)39(60)32(24(4)5)47-37(58)28(22-31(53)54)44-29(50)19-20-30(51)52/h13-17,23-24,26-28,32,34H,11-12,18-22H2,1-10H3,(H2,43,56)(H,44,50)(H,45,57)(H,46,59)(H,47,58)(H,48,61)(H,51,52)(H,53,54)/t26-,27-,28-,32+,34+/m0/s1. The minimum Gasteiger partial charge on any atom is -0.481 e. The molecule has 19 nitrogen and oxygen atoms in total. The van der Waals surface area contributed by atoms with Crippen molar-refractivity contribution in [2.45, 2.75) is 150 Å². The molecule has 0 aromatic heterocycles. The first kappa shape index (κ1) is 53.1. The number of rotatable bonds is 25. The molecule has 0 saturated heterocycles. The molecule has 0 unspecified atom stereocenters. The Hall–Kier alpha value is -5.88. The Balaban J connectivity index is 3.62. The summed E-state index contributed by atoms with van der Waals surface area (Å²) in [4.78, 5) is 131. The van der Waals surface area contributed by atoms with Gasteiger partial charge in [-0.05, 0) is 56.1 Å². The van der Waals surface area contributed by atoms with E-state index in [9.17, 15) is 53.1 Å². The number of carboxylic acids is 2. The van der Waals surface area contributed by atoms with E-state index in [1.54, 1.807) is 65.0 Å². The number of primary amides is 1. The zero-order chi connectivity index (χ0) is 47.0. The number of nitrogens with one attached hydrogen (secondary N) is 5. The average Bonchev–Trinajstić information content (AvgIpc) is 3.14. The third-order valence-corrected chi connectivity index (χ3v) is 9.64. The molecule has 340 valence electrons. The first-order valence-corrected chi connectivity index (χ1v) is 20.3. The number of benzene rings is 1. The predicted molar refractivity (Wildman–Crippen MR) is 224 cm³/mol. The summed E-state index contributed by atoms with van der Waals surface area (Å²) in [5, 5.41) is 31.2. The molecule has 0 aliphatic heterocycles. The summed E-state index contributed by atoms with van der Waals surface area (Å²) in [7, 11) is 0. The maximum Gasteiger partial charge on any atom is 0.305 e. The molecule has 0 saturated carbocycles. The Bertz CT molecular complexity index is 1760. The number of nitrogens with two attached hydrogens (primary N) is 1. The summed E-state index contributed by atoms with van der Waals surface area (Å²) in [6.45, 7) is 16.5. The minimum atomic E-state index is -1.82. The summed E-state index contributed by atoms with van der Waals surface area (Å²) >= 11 is 0. The van der Waals surface area contributed by atoms with Crippen LogP contribution < -0.4 is 37.2 Å². The van der Waals surface area contributed by atoms with Gasteiger partial charge in [0.15, 0.2) is 0 Å². The highest BCUT2D eigenvalue weighted by Gasteiger charge is 2.46. The van der Waals surface area contributed by atoms with E-state index >= 15 is 0 Å². The van der Waals surface area contributed by atoms with Crippen molar-refractivity contribution < 1.29 is 58.2 Å². The number of carboxylic acid groups (broad SMARTS) is 2. The molecule has 1 rings (SSSR count). The van der Waals surface area contributed by atoms with Crippen LogP contribution in [0, 0.1) is 17.3 Å². The van der Waals surface area contributed by atoms with Crippen LogP contribution in [0.4, 0.5) is 5.69 Å². The Kier molecular flexibility index (Phi) is 20.7. The van der Waals surface area contributed by atoms with E-state index in [0.29, 0.717) is 12.8 Å². The third kappa shape index (κ3) is 17.0. The number of anilines is 1. The van der Waals surface area contributed by atoms with Crippen LogP contribution in [-0.4, -0.2) is 105 Å². The van der Waals surface area contributed by atoms with Crippen LogP contribution in [0.1, 0.15) is 114 Å². The molecular formula is C42H65N7O12. The van der Waals surface area contributed by atoms with Gasteiger partial charge in [0.1, 0.15) is 29.7 Å². The van der Waals surface area contributed by atoms with E-state index in [4.69, 9.17) is 10.8 Å². The van der Waals surface area contributed by atoms with Gasteiger partial charge in [0.25, 0.3) is 11.8 Å². The topological polar surface area (TPSA) is 301 Å². The van der Waals surface area contributed by atoms with Crippen molar-refractivity contribution >= 4 is 64.8 Å². The third-order valence-electron chi connectivity index (χ3n) is 9.64. The number of hydrogen-bond acceptors (Lipinski definition) is 10. The molecule has 0 fully saturated rings. The molecule has 61 heavy (non-hydrogen) atoms. The number of unbranched alkanes of at least 4 members (excludes halogenated alkanes) is 1. The van der Waals surface area contributed by atoms with Crippen LogP contribution in [0.3, 0.4) is 0 Å². The Morgan fingerprint density at radius 2 is 1.26 bits per heavy atom. The van der Waals surface area contributed by atoms with Crippen molar-refractivity contribution in [2.75, 3.05) is 4.90 Å². The number of carbonyl (C=O) groups excluding carboxylic acids is 8. The molecule has 0 spiro atoms. The van der Waals surface area contributed by atoms with Crippen molar-refractivity contribution in [1.82, 2.24) is 26.6 Å². The summed E-state index contributed by atoms with van der Waals surface area (Å²) in [5.74, 6) is -10.8. The Labute approximate surface area is 357 Å². The van der Waals surface area contributed by atoms with Gasteiger partial charge in [-0.3, -0.25) is 52.8 Å². The summed E-state index contributed by atoms with van der Waals surface area (Å²) < 4.78 is 0. The number of hydrogen-bond donors (Lipinski definition) is 8. The molecule has 9 N–H and O–H groups in total. The number of nitrogens with zero attached hydrogens (tertiary/aromatic N) is 1. The van der Waals surface area contributed by atoms with E-state index in [1.165, 1.54) is 13.8 Å². The maximum atomic E-state index is 14.7. The molecule has 0 heterocycles. The fraction of sp³-hybridized carbons (Fsp3) is 0.619. The monoisotopic (exact) mass is 859 g/mol. The molecule has 1 aromatic rings. The SMILES string of the molecule is CCCC[C@H](NC(=O)[C@H](CC(C)C)NC(=O)[C@@H](NC(=O)C(C)(C)N(C(=O)[C@H](NC(=O)[C@H](CC(=O)O)NC(=O)CCC(=O)O)C(C)C)c1ccccc1)C(C)(C)C)C(=O)C(N)=O. The van der Waals surface area contributed by atoms with E-state index in [2.05, 4.69) is 26.6 Å². The van der Waals surface area contributed by atoms with Gasteiger partial charge < -0.3 is 42.5 Å². The molecule has 1 aromatic carbocycles. The van der Waals surface area contributed by atoms with E-state index in [-0.39, 0.29) is 24.4 Å². The first-order chi connectivity index (χ1) is 28.1. The lowest BCUT2D eigenvalue weighted by molar-refractivity contribution is -0.142. The van der Waals surface area contributed by atoms with Gasteiger partial charge in [-0.2, -0.15) is 0 Å². The zero-order valence-corrected chi connectivity index (χ0v) is 36.9. The molecule has 0 aliphatic rings. The predicted octanol–water partition coefficient (Wildman–Crippen LogP) is 1.55. The Morgan fingerprint density at radius 1 is 0.705 bits per heavy atom. The minimum absolute atomic E-state index is 0.122. The van der Waals surface area contributed by atoms with Gasteiger partial charge in [0.2, 0.25) is 35.3 Å². The van der Waals surface area contributed by atoms with Crippen molar-refractivity contribution in [2.24, 2.45) is 23.0 Å². The van der Waals surface area contributed by atoms with Gasteiger partial charge in [-0.15, -0.1) is 0 Å². The fourth-order valence-corrected chi connectivity index (χ4v) is 6.24. The number of carbonyl (C=O) groups is 10. The number of amides is 7. The van der Waals surface area contributed by atoms with Crippen LogP contribution in [0.15, 0.2) is 30.3 Å². The molecule has 0 bridgehead atoms. The van der Waals surface area contributed by atoms with Gasteiger partial charge in [-0.1, -0.05) is 86.4 Å². The lowest BCUT2D eigenvalue weighted by Gasteiger charge is -2.42. The van der Waals surface area contributed by atoms with Crippen molar-refractivity contribution in [3.05, 3.63) is 30.3 Å². The first-order valence-electron chi connectivity index (χ1n) is 20.3. The highest BCUT2D eigenvalue weighted by molar-refractivity contribution is 6.37. The van der Waals surface area contributed by atoms with Crippen molar-refractivity contribution in [3.8, 4) is 0 Å². The van der Waals surface area contributed by atoms with Crippen LogP contribution in [0.25, 0.3) is 0 Å². The van der Waals surface area contributed by atoms with E-state index in [1.807, 2.05) is 20.8 Å². The smallest absolute Gasteiger partial charge is 0.305 e. The zero-order valence-electron chi connectivity index (χ0n) is 36.9. The second-order valence-corrected chi connectivity index (χ2v) is 17.3. The highest BCUT2D eigenvalue weighted by atomic mass is 16.4. The van der Waals surface area contributed by atoms with E-state index in [0.717, 1.165) is 4.90 Å². The highest BCUT2D eigenvalue weighted by Crippen LogP contribution is 2.29. The molecule has 0 aliphatic carbocycles. The van der Waals surface area contributed by atoms with Crippen molar-refractivity contribution in [3.63, 3.8) is 0 Å². The average molecular weight is 860 g/mol. The summed E-state index contributed by atoms with van der Waals surface area (Å²) in [6.07, 6.45) is -0.557. The second kappa shape index (κ2) is 23.8. The Morgan fingerprint density at radius 3 is 1.74 bits per heavy atom. The quantitative estimate of drug-likeness (QED) is 0.0650. The van der Waals surface area contributed by atoms with Gasteiger partial charge in [-0.25, -0.2) is 0 Å². The van der Waals surface area contributed by atoms with Gasteiger partial charge in [0.05, 0.1) is 18.9 Å².